The fourth-order valence-electron chi connectivity index (χ4n) is 0.971. The van der Waals surface area contributed by atoms with Gasteiger partial charge in [0.15, 0.2) is 0 Å². The highest BCUT2D eigenvalue weighted by molar-refractivity contribution is 5.66. The molecule has 2 heterocycles. The van der Waals surface area contributed by atoms with E-state index in [9.17, 15) is 4.39 Å². The number of aromatic nitrogens is 2. The summed E-state index contributed by atoms with van der Waals surface area (Å²) in [6.45, 7) is 0. The molecular weight excluding hydrogens is 173 g/mol. The summed E-state index contributed by atoms with van der Waals surface area (Å²) in [6, 6.07) is 2.48. The Labute approximate surface area is 73.2 Å². The van der Waals surface area contributed by atoms with Gasteiger partial charge < -0.3 is 10.3 Å². The SMILES string of the molecule is Nc1cnoc1-c1cc(F)ccn1. The van der Waals surface area contributed by atoms with Crippen LogP contribution in [0.15, 0.2) is 29.0 Å². The number of hydrogen-bond acceptors (Lipinski definition) is 4. The topological polar surface area (TPSA) is 64.9 Å². The third kappa shape index (κ3) is 1.35. The summed E-state index contributed by atoms with van der Waals surface area (Å²) >= 11 is 0. The van der Waals surface area contributed by atoms with Gasteiger partial charge in [-0.2, -0.15) is 0 Å². The molecule has 2 rings (SSSR count). The molecule has 0 bridgehead atoms. The summed E-state index contributed by atoms with van der Waals surface area (Å²) in [5.41, 5.74) is 6.19. The van der Waals surface area contributed by atoms with Gasteiger partial charge in [-0.15, -0.1) is 0 Å². The summed E-state index contributed by atoms with van der Waals surface area (Å²) in [5.74, 6) is -0.0969. The molecule has 2 aromatic heterocycles. The molecule has 2 N–H and O–H groups in total. The van der Waals surface area contributed by atoms with Gasteiger partial charge in [0.05, 0.1) is 6.20 Å². The highest BCUT2D eigenvalue weighted by Crippen LogP contribution is 2.23. The third-order valence-electron chi connectivity index (χ3n) is 1.55. The Morgan fingerprint density at radius 3 is 2.92 bits per heavy atom. The summed E-state index contributed by atoms with van der Waals surface area (Å²) in [4.78, 5) is 3.89. The molecular formula is C8H6FN3O. The van der Waals surface area contributed by atoms with Gasteiger partial charge in [-0.1, -0.05) is 5.16 Å². The molecule has 4 nitrogen and oxygen atoms in total. The van der Waals surface area contributed by atoms with Crippen molar-refractivity contribution in [1.82, 2.24) is 10.1 Å². The van der Waals surface area contributed by atoms with Crippen LogP contribution in [0.5, 0.6) is 0 Å². The molecule has 0 amide bonds. The van der Waals surface area contributed by atoms with E-state index in [2.05, 4.69) is 10.1 Å². The lowest BCUT2D eigenvalue weighted by Gasteiger charge is -1.95. The number of rotatable bonds is 1. The van der Waals surface area contributed by atoms with Gasteiger partial charge in [-0.05, 0) is 6.07 Å². The first kappa shape index (κ1) is 7.72. The number of nitrogen functional groups attached to an aromatic ring is 1. The van der Waals surface area contributed by atoms with E-state index < -0.39 is 0 Å². The maximum Gasteiger partial charge on any atom is 0.208 e. The van der Waals surface area contributed by atoms with Crippen LogP contribution in [0.4, 0.5) is 10.1 Å². The molecule has 0 aliphatic heterocycles. The summed E-state index contributed by atoms with van der Waals surface area (Å²) in [7, 11) is 0. The number of nitrogens with two attached hydrogens (primary N) is 1. The fourth-order valence-corrected chi connectivity index (χ4v) is 0.971. The first-order valence-electron chi connectivity index (χ1n) is 3.59. The number of halogens is 1. The second kappa shape index (κ2) is 2.85. The fraction of sp³-hybridized carbons (Fsp3) is 0. The normalized spacial score (nSPS) is 10.2. The zero-order valence-corrected chi connectivity index (χ0v) is 6.57. The van der Waals surface area contributed by atoms with Crippen molar-refractivity contribution in [3.63, 3.8) is 0 Å². The minimum atomic E-state index is -0.388. The average Bonchev–Trinajstić information content (AvgIpc) is 2.51. The van der Waals surface area contributed by atoms with Gasteiger partial charge in [0.2, 0.25) is 5.76 Å². The van der Waals surface area contributed by atoms with Crippen molar-refractivity contribution < 1.29 is 8.91 Å². The molecule has 0 saturated heterocycles. The number of nitrogens with zero attached hydrogens (tertiary/aromatic N) is 2. The molecule has 0 radical (unpaired) electrons. The van der Waals surface area contributed by atoms with E-state index >= 15 is 0 Å². The van der Waals surface area contributed by atoms with Gasteiger partial charge in [0.25, 0.3) is 0 Å². The van der Waals surface area contributed by atoms with Crippen LogP contribution in [0.3, 0.4) is 0 Å². The number of pyridine rings is 1. The van der Waals surface area contributed by atoms with Gasteiger partial charge in [-0.25, -0.2) is 4.39 Å². The van der Waals surface area contributed by atoms with E-state index in [-0.39, 0.29) is 5.82 Å². The van der Waals surface area contributed by atoms with E-state index in [1.54, 1.807) is 0 Å². The van der Waals surface area contributed by atoms with Crippen LogP contribution in [0, 0.1) is 5.82 Å². The van der Waals surface area contributed by atoms with Crippen molar-refractivity contribution in [3.05, 3.63) is 30.3 Å². The molecule has 0 atom stereocenters. The highest BCUT2D eigenvalue weighted by Gasteiger charge is 2.09. The minimum absolute atomic E-state index is 0.291. The molecule has 2 aromatic rings. The Morgan fingerprint density at radius 2 is 2.31 bits per heavy atom. The minimum Gasteiger partial charge on any atom is -0.394 e. The molecule has 0 spiro atoms. The van der Waals surface area contributed by atoms with E-state index in [1.807, 2.05) is 0 Å². The second-order valence-corrected chi connectivity index (χ2v) is 2.47. The molecule has 13 heavy (non-hydrogen) atoms. The molecule has 0 aliphatic rings. The van der Waals surface area contributed by atoms with Crippen LogP contribution in [-0.2, 0) is 0 Å². The van der Waals surface area contributed by atoms with Crippen LogP contribution in [0.1, 0.15) is 0 Å². The van der Waals surface area contributed by atoms with E-state index in [0.717, 1.165) is 0 Å². The van der Waals surface area contributed by atoms with Crippen LogP contribution in [0.2, 0.25) is 0 Å². The Morgan fingerprint density at radius 1 is 1.46 bits per heavy atom. The third-order valence-corrected chi connectivity index (χ3v) is 1.55. The van der Waals surface area contributed by atoms with E-state index in [4.69, 9.17) is 10.3 Å². The van der Waals surface area contributed by atoms with E-state index in [0.29, 0.717) is 17.1 Å². The quantitative estimate of drug-likeness (QED) is 0.719. The summed E-state index contributed by atoms with van der Waals surface area (Å²) < 4.78 is 17.5. The summed E-state index contributed by atoms with van der Waals surface area (Å²) in [6.07, 6.45) is 2.69. The predicted octanol–water partition coefficient (Wildman–Crippen LogP) is 1.46. The Bertz CT molecular complexity index is 427. The number of anilines is 1. The Kier molecular flexibility index (Phi) is 1.70. The Balaban J connectivity index is 2.53. The molecule has 0 aliphatic carbocycles. The van der Waals surface area contributed by atoms with Crippen LogP contribution in [-0.4, -0.2) is 10.1 Å². The van der Waals surface area contributed by atoms with Crippen molar-refractivity contribution in [2.24, 2.45) is 0 Å². The standard InChI is InChI=1S/C8H6FN3O/c9-5-1-2-11-7(3-5)8-6(10)4-12-13-8/h1-4H,10H2. The first-order chi connectivity index (χ1) is 6.27. The highest BCUT2D eigenvalue weighted by atomic mass is 19.1. The maximum atomic E-state index is 12.7. The predicted molar refractivity (Wildman–Crippen MR) is 44.1 cm³/mol. The lowest BCUT2D eigenvalue weighted by molar-refractivity contribution is 0.431. The molecule has 66 valence electrons. The Hall–Kier alpha value is -1.91. The lowest BCUT2D eigenvalue weighted by atomic mass is 10.2. The maximum absolute atomic E-state index is 12.7. The van der Waals surface area contributed by atoms with Crippen molar-refractivity contribution in [2.45, 2.75) is 0 Å². The summed E-state index contributed by atoms with van der Waals surface area (Å²) in [5, 5.41) is 3.47. The zero-order valence-electron chi connectivity index (χ0n) is 6.57. The van der Waals surface area contributed by atoms with E-state index in [1.165, 1.54) is 24.5 Å². The van der Waals surface area contributed by atoms with Crippen molar-refractivity contribution in [2.75, 3.05) is 5.73 Å². The molecule has 5 heteroatoms. The first-order valence-corrected chi connectivity index (χ1v) is 3.59. The monoisotopic (exact) mass is 179 g/mol. The molecule has 0 saturated carbocycles. The smallest absolute Gasteiger partial charge is 0.208 e. The molecule has 0 fully saturated rings. The number of hydrogen-bond donors (Lipinski definition) is 1. The molecule has 0 unspecified atom stereocenters. The molecule has 0 aromatic carbocycles. The second-order valence-electron chi connectivity index (χ2n) is 2.47. The van der Waals surface area contributed by atoms with Crippen molar-refractivity contribution in [3.8, 4) is 11.5 Å². The average molecular weight is 179 g/mol. The van der Waals surface area contributed by atoms with Gasteiger partial charge >= 0.3 is 0 Å². The van der Waals surface area contributed by atoms with Crippen LogP contribution >= 0.6 is 0 Å². The van der Waals surface area contributed by atoms with Crippen molar-refractivity contribution >= 4 is 5.69 Å². The van der Waals surface area contributed by atoms with Gasteiger partial charge in [-0.3, -0.25) is 4.98 Å². The van der Waals surface area contributed by atoms with Crippen molar-refractivity contribution in [1.29, 1.82) is 0 Å². The van der Waals surface area contributed by atoms with Crippen LogP contribution < -0.4 is 5.73 Å². The van der Waals surface area contributed by atoms with Crippen LogP contribution in [0.25, 0.3) is 11.5 Å². The lowest BCUT2D eigenvalue weighted by Crippen LogP contribution is -1.88. The zero-order chi connectivity index (χ0) is 9.26. The van der Waals surface area contributed by atoms with Gasteiger partial charge in [0, 0.05) is 12.3 Å². The van der Waals surface area contributed by atoms with Gasteiger partial charge in [0.1, 0.15) is 17.2 Å². The largest absolute Gasteiger partial charge is 0.394 e.